The first-order chi connectivity index (χ1) is 10.4. The molecular weight excluding hydrogens is 293 g/mol. The van der Waals surface area contributed by atoms with Gasteiger partial charge in [0.25, 0.3) is 0 Å². The lowest BCUT2D eigenvalue weighted by atomic mass is 10.1. The van der Waals surface area contributed by atoms with Crippen LogP contribution in [0.1, 0.15) is 45.4 Å². The SMILES string of the molecule is CCCCCCCNC(=O)C1C2CN(CCC(F)(F)F)CC21. The van der Waals surface area contributed by atoms with Crippen LogP contribution < -0.4 is 5.32 Å². The Labute approximate surface area is 130 Å². The van der Waals surface area contributed by atoms with E-state index in [1.54, 1.807) is 0 Å². The highest BCUT2D eigenvalue weighted by atomic mass is 19.4. The number of amides is 1. The molecule has 1 saturated heterocycles. The van der Waals surface area contributed by atoms with E-state index >= 15 is 0 Å². The van der Waals surface area contributed by atoms with E-state index < -0.39 is 12.6 Å². The van der Waals surface area contributed by atoms with Crippen LogP contribution in [-0.2, 0) is 4.79 Å². The first-order valence-corrected chi connectivity index (χ1v) is 8.49. The quantitative estimate of drug-likeness (QED) is 0.662. The molecule has 2 rings (SSSR count). The van der Waals surface area contributed by atoms with E-state index in [0.717, 1.165) is 19.4 Å². The van der Waals surface area contributed by atoms with Crippen molar-refractivity contribution in [2.75, 3.05) is 26.2 Å². The Morgan fingerprint density at radius 1 is 1.14 bits per heavy atom. The normalized spacial score (nSPS) is 27.7. The number of halogens is 3. The molecule has 0 aromatic rings. The van der Waals surface area contributed by atoms with E-state index in [2.05, 4.69) is 12.2 Å². The van der Waals surface area contributed by atoms with E-state index in [0.29, 0.717) is 13.1 Å². The number of piperidine rings is 1. The zero-order chi connectivity index (χ0) is 16.2. The number of rotatable bonds is 9. The van der Waals surface area contributed by atoms with Gasteiger partial charge in [0.05, 0.1) is 6.42 Å². The van der Waals surface area contributed by atoms with Gasteiger partial charge in [-0.1, -0.05) is 32.6 Å². The molecule has 0 radical (unpaired) electrons. The number of likely N-dealkylation sites (tertiary alicyclic amines) is 1. The summed E-state index contributed by atoms with van der Waals surface area (Å²) in [4.78, 5) is 13.9. The van der Waals surface area contributed by atoms with Gasteiger partial charge in [0.1, 0.15) is 0 Å². The molecule has 2 fully saturated rings. The number of alkyl halides is 3. The largest absolute Gasteiger partial charge is 0.390 e. The summed E-state index contributed by atoms with van der Waals surface area (Å²) in [5.74, 6) is 0.736. The average Bonchev–Trinajstić information content (AvgIpc) is 2.95. The van der Waals surface area contributed by atoms with Gasteiger partial charge in [-0.15, -0.1) is 0 Å². The number of carbonyl (C=O) groups excluding carboxylic acids is 1. The fraction of sp³-hybridized carbons (Fsp3) is 0.938. The van der Waals surface area contributed by atoms with Gasteiger partial charge in [0.15, 0.2) is 0 Å². The maximum Gasteiger partial charge on any atom is 0.390 e. The summed E-state index contributed by atoms with van der Waals surface area (Å²) in [6, 6.07) is 0. The molecule has 0 spiro atoms. The lowest BCUT2D eigenvalue weighted by Gasteiger charge is -2.20. The van der Waals surface area contributed by atoms with Crippen LogP contribution in [0, 0.1) is 17.8 Å². The average molecular weight is 320 g/mol. The van der Waals surface area contributed by atoms with Gasteiger partial charge in [-0.25, -0.2) is 0 Å². The van der Waals surface area contributed by atoms with Gasteiger partial charge >= 0.3 is 6.18 Å². The minimum Gasteiger partial charge on any atom is -0.356 e. The summed E-state index contributed by atoms with van der Waals surface area (Å²) in [6.07, 6.45) is 1.01. The van der Waals surface area contributed by atoms with Crippen molar-refractivity contribution in [1.82, 2.24) is 10.2 Å². The summed E-state index contributed by atoms with van der Waals surface area (Å²) in [5.41, 5.74) is 0. The number of carbonyl (C=O) groups is 1. The van der Waals surface area contributed by atoms with Gasteiger partial charge in [-0.05, 0) is 18.3 Å². The molecule has 1 amide bonds. The van der Waals surface area contributed by atoms with Crippen molar-refractivity contribution in [3.8, 4) is 0 Å². The predicted octanol–water partition coefficient (Wildman–Crippen LogP) is 3.20. The molecule has 1 heterocycles. The van der Waals surface area contributed by atoms with Crippen molar-refractivity contribution < 1.29 is 18.0 Å². The minimum absolute atomic E-state index is 0.0535. The Bertz CT molecular complexity index is 361. The van der Waals surface area contributed by atoms with E-state index in [1.165, 1.54) is 19.3 Å². The van der Waals surface area contributed by atoms with Crippen LogP contribution in [0.3, 0.4) is 0 Å². The molecule has 0 bridgehead atoms. The minimum atomic E-state index is -4.08. The number of nitrogens with one attached hydrogen (secondary N) is 1. The molecule has 3 nitrogen and oxygen atoms in total. The third-order valence-electron chi connectivity index (χ3n) is 4.86. The number of hydrogen-bond acceptors (Lipinski definition) is 2. The highest BCUT2D eigenvalue weighted by Gasteiger charge is 2.59. The first kappa shape index (κ1) is 17.6. The summed E-state index contributed by atoms with van der Waals surface area (Å²) < 4.78 is 36.5. The predicted molar refractivity (Wildman–Crippen MR) is 79.4 cm³/mol. The van der Waals surface area contributed by atoms with Crippen molar-refractivity contribution in [3.05, 3.63) is 0 Å². The van der Waals surface area contributed by atoms with E-state index in [9.17, 15) is 18.0 Å². The zero-order valence-corrected chi connectivity index (χ0v) is 13.3. The van der Waals surface area contributed by atoms with Crippen molar-refractivity contribution in [2.45, 2.75) is 51.6 Å². The molecule has 6 heteroatoms. The number of fused-ring (bicyclic) bond motifs is 1. The van der Waals surface area contributed by atoms with Crippen LogP contribution >= 0.6 is 0 Å². The van der Waals surface area contributed by atoms with Gasteiger partial charge in [0, 0.05) is 32.1 Å². The van der Waals surface area contributed by atoms with Crippen molar-refractivity contribution in [1.29, 1.82) is 0 Å². The monoisotopic (exact) mass is 320 g/mol. The standard InChI is InChI=1S/C16H27F3N2O/c1-2-3-4-5-6-8-20-15(22)14-12-10-21(11-13(12)14)9-7-16(17,18)19/h12-14H,2-11H2,1H3,(H,20,22). The third kappa shape index (κ3) is 5.14. The molecule has 2 atom stereocenters. The maximum atomic E-state index is 12.2. The van der Waals surface area contributed by atoms with Crippen LogP contribution in [0.4, 0.5) is 13.2 Å². The number of nitrogens with zero attached hydrogens (tertiary/aromatic N) is 1. The highest BCUT2D eigenvalue weighted by Crippen LogP contribution is 2.51. The number of hydrogen-bond donors (Lipinski definition) is 1. The molecule has 1 saturated carbocycles. The van der Waals surface area contributed by atoms with Crippen LogP contribution in [0.15, 0.2) is 0 Å². The van der Waals surface area contributed by atoms with Crippen LogP contribution in [0.5, 0.6) is 0 Å². The fourth-order valence-corrected chi connectivity index (χ4v) is 3.53. The lowest BCUT2D eigenvalue weighted by Crippen LogP contribution is -2.33. The highest BCUT2D eigenvalue weighted by molar-refractivity contribution is 5.82. The Kier molecular flexibility index (Phi) is 6.12. The summed E-state index contributed by atoms with van der Waals surface area (Å²) >= 11 is 0. The Morgan fingerprint density at radius 3 is 2.36 bits per heavy atom. The van der Waals surface area contributed by atoms with Gasteiger partial charge < -0.3 is 10.2 Å². The fourth-order valence-electron chi connectivity index (χ4n) is 3.53. The molecule has 22 heavy (non-hydrogen) atoms. The molecule has 2 unspecified atom stereocenters. The topological polar surface area (TPSA) is 32.3 Å². The summed E-state index contributed by atoms with van der Waals surface area (Å²) in [6.45, 7) is 4.27. The van der Waals surface area contributed by atoms with Crippen LogP contribution in [0.25, 0.3) is 0 Å². The first-order valence-electron chi connectivity index (χ1n) is 8.49. The van der Waals surface area contributed by atoms with Gasteiger partial charge in [-0.2, -0.15) is 13.2 Å². The lowest BCUT2D eigenvalue weighted by molar-refractivity contribution is -0.138. The molecule has 1 N–H and O–H groups in total. The second-order valence-corrected chi connectivity index (χ2v) is 6.68. The molecule has 1 aliphatic carbocycles. The second kappa shape index (κ2) is 7.66. The van der Waals surface area contributed by atoms with Crippen LogP contribution in [0.2, 0.25) is 0 Å². The van der Waals surface area contributed by atoms with Crippen molar-refractivity contribution in [3.63, 3.8) is 0 Å². The second-order valence-electron chi connectivity index (χ2n) is 6.68. The van der Waals surface area contributed by atoms with E-state index in [-0.39, 0.29) is 30.2 Å². The Morgan fingerprint density at radius 2 is 1.77 bits per heavy atom. The zero-order valence-electron chi connectivity index (χ0n) is 13.3. The molecule has 0 aromatic heterocycles. The molecule has 2 aliphatic rings. The Hall–Kier alpha value is -0.780. The molecule has 128 valence electrons. The van der Waals surface area contributed by atoms with Crippen LogP contribution in [-0.4, -0.2) is 43.2 Å². The van der Waals surface area contributed by atoms with Gasteiger partial charge in [0.2, 0.25) is 5.91 Å². The Balaban J connectivity index is 1.54. The van der Waals surface area contributed by atoms with E-state index in [1.807, 2.05) is 4.90 Å². The number of unbranched alkanes of at least 4 members (excludes halogenated alkanes) is 4. The maximum absolute atomic E-state index is 12.2. The summed E-state index contributed by atoms with van der Waals surface area (Å²) in [5, 5.41) is 2.98. The van der Waals surface area contributed by atoms with Crippen molar-refractivity contribution >= 4 is 5.91 Å². The molecule has 1 aliphatic heterocycles. The third-order valence-corrected chi connectivity index (χ3v) is 4.86. The van der Waals surface area contributed by atoms with Gasteiger partial charge in [-0.3, -0.25) is 4.79 Å². The van der Waals surface area contributed by atoms with E-state index in [4.69, 9.17) is 0 Å². The molecule has 0 aromatic carbocycles. The van der Waals surface area contributed by atoms with Crippen molar-refractivity contribution in [2.24, 2.45) is 17.8 Å². The molecular formula is C16H27F3N2O. The summed E-state index contributed by atoms with van der Waals surface area (Å²) in [7, 11) is 0. The smallest absolute Gasteiger partial charge is 0.356 e.